The Kier molecular flexibility index (Phi) is 30.3. The Morgan fingerprint density at radius 3 is 1.06 bits per heavy atom. The van der Waals surface area contributed by atoms with E-state index in [-0.39, 0.29) is 92.5 Å². The van der Waals surface area contributed by atoms with E-state index in [2.05, 4.69) is 0 Å². The van der Waals surface area contributed by atoms with Gasteiger partial charge in [0, 0.05) is 5.41 Å². The Morgan fingerprint density at radius 1 is 0.367 bits per heavy atom. The smallest absolute Gasteiger partial charge is 0.104 e. The minimum absolute atomic E-state index is 0.0372. The van der Waals surface area contributed by atoms with Crippen LogP contribution in [0.3, 0.4) is 0 Å². The van der Waals surface area contributed by atoms with Crippen LogP contribution in [0.1, 0.15) is 13.3 Å². The van der Waals surface area contributed by atoms with Gasteiger partial charge in [0.1, 0.15) is 48.8 Å². The van der Waals surface area contributed by atoms with Gasteiger partial charge in [-0.3, -0.25) is 0 Å². The molecule has 0 heterocycles. The Labute approximate surface area is 287 Å². The summed E-state index contributed by atoms with van der Waals surface area (Å²) in [5, 5.41) is 104. The van der Waals surface area contributed by atoms with Crippen molar-refractivity contribution in [3.63, 3.8) is 0 Å². The zero-order chi connectivity index (χ0) is 36.9. The molecule has 0 fully saturated rings. The van der Waals surface area contributed by atoms with Crippen molar-refractivity contribution in [1.29, 1.82) is 0 Å². The van der Waals surface area contributed by atoms with Gasteiger partial charge >= 0.3 is 0 Å². The molecule has 0 spiro atoms. The molecule has 9 atom stereocenters. The highest BCUT2D eigenvalue weighted by molar-refractivity contribution is 4.79. The standard InChI is InChI=1S/C30H62O19/c1-2-30(19-45-12-26(40)10-42-8-22(36)3-31,21-47-16-28(7-35)48-14-24(38)5-33)20-46-13-27(41)11-44-18-29(49-15-25(39)6-34)17-43-9-23(37)4-32/h22-29,31-41H,2-21H2,1H3. The fourth-order valence-corrected chi connectivity index (χ4v) is 3.77. The molecule has 0 aliphatic carbocycles. The predicted octanol–water partition coefficient (Wildman–Crippen LogP) is -5.62. The van der Waals surface area contributed by atoms with Gasteiger partial charge < -0.3 is 94.1 Å². The molecule has 19 heteroatoms. The van der Waals surface area contributed by atoms with Gasteiger partial charge in [-0.1, -0.05) is 6.92 Å². The van der Waals surface area contributed by atoms with E-state index in [0.29, 0.717) is 6.42 Å². The number of hydrogen-bond donors (Lipinski definition) is 11. The monoisotopic (exact) mass is 726 g/mol. The third-order valence-corrected chi connectivity index (χ3v) is 6.84. The maximum atomic E-state index is 10.5. The molecule has 19 nitrogen and oxygen atoms in total. The molecule has 0 saturated heterocycles. The summed E-state index contributed by atoms with van der Waals surface area (Å²) in [5.41, 5.74) is -0.790. The lowest BCUT2D eigenvalue weighted by Gasteiger charge is -2.33. The molecule has 0 aliphatic heterocycles. The van der Waals surface area contributed by atoms with Crippen molar-refractivity contribution in [2.24, 2.45) is 5.41 Å². The Bertz CT molecular complexity index is 727. The van der Waals surface area contributed by atoms with Crippen LogP contribution >= 0.6 is 0 Å². The summed E-state index contributed by atoms with van der Waals surface area (Å²) in [6.07, 6.45) is -7.53. The van der Waals surface area contributed by atoms with Crippen LogP contribution < -0.4 is 0 Å². The van der Waals surface area contributed by atoms with Crippen molar-refractivity contribution < 1.29 is 94.1 Å². The summed E-state index contributed by atoms with van der Waals surface area (Å²) in [4.78, 5) is 0. The van der Waals surface area contributed by atoms with Crippen LogP contribution in [-0.2, 0) is 37.9 Å². The largest absolute Gasteiger partial charge is 0.394 e. The van der Waals surface area contributed by atoms with Crippen LogP contribution in [0, 0.1) is 5.41 Å². The fraction of sp³-hybridized carbons (Fsp3) is 1.00. The van der Waals surface area contributed by atoms with Crippen molar-refractivity contribution in [2.75, 3.05) is 126 Å². The van der Waals surface area contributed by atoms with Gasteiger partial charge in [-0.2, -0.15) is 0 Å². The van der Waals surface area contributed by atoms with E-state index in [1.165, 1.54) is 0 Å². The van der Waals surface area contributed by atoms with Crippen LogP contribution in [0.4, 0.5) is 0 Å². The summed E-state index contributed by atoms with van der Waals surface area (Å²) in [7, 11) is 0. The average molecular weight is 727 g/mol. The van der Waals surface area contributed by atoms with Gasteiger partial charge in [-0.05, 0) is 6.42 Å². The van der Waals surface area contributed by atoms with Crippen molar-refractivity contribution in [3.05, 3.63) is 0 Å². The van der Waals surface area contributed by atoms with Crippen LogP contribution in [0.2, 0.25) is 0 Å². The van der Waals surface area contributed by atoms with E-state index in [1.54, 1.807) is 0 Å². The quantitative estimate of drug-likeness (QED) is 0.0287. The molecule has 0 rings (SSSR count). The maximum absolute atomic E-state index is 10.5. The minimum atomic E-state index is -1.12. The summed E-state index contributed by atoms with van der Waals surface area (Å²) >= 11 is 0. The van der Waals surface area contributed by atoms with Crippen LogP contribution in [0.5, 0.6) is 0 Å². The van der Waals surface area contributed by atoms with Gasteiger partial charge in [0.15, 0.2) is 0 Å². The second-order valence-corrected chi connectivity index (χ2v) is 11.8. The van der Waals surface area contributed by atoms with E-state index in [0.717, 1.165) is 0 Å². The first kappa shape index (κ1) is 48.2. The molecule has 0 saturated carbocycles. The highest BCUT2D eigenvalue weighted by Crippen LogP contribution is 2.24. The molecule has 9 unspecified atom stereocenters. The van der Waals surface area contributed by atoms with Crippen LogP contribution in [0.25, 0.3) is 0 Å². The lowest BCUT2D eigenvalue weighted by molar-refractivity contribution is -0.126. The molecule has 0 aromatic carbocycles. The first-order valence-electron chi connectivity index (χ1n) is 16.3. The summed E-state index contributed by atoms with van der Waals surface area (Å²) in [5.74, 6) is 0. The molecule has 0 aromatic heterocycles. The molecule has 11 N–H and O–H groups in total. The normalized spacial score (nSPS) is 18.4. The molecule has 0 aliphatic rings. The summed E-state index contributed by atoms with van der Waals surface area (Å²) in [6.45, 7) is -1.91. The molecule has 0 aromatic rings. The number of ether oxygens (including phenoxy) is 8. The molecule has 0 amide bonds. The third kappa shape index (κ3) is 25.8. The van der Waals surface area contributed by atoms with Crippen molar-refractivity contribution >= 4 is 0 Å². The molecule has 49 heavy (non-hydrogen) atoms. The maximum Gasteiger partial charge on any atom is 0.104 e. The number of hydrogen-bond acceptors (Lipinski definition) is 19. The van der Waals surface area contributed by atoms with Crippen LogP contribution in [0.15, 0.2) is 0 Å². The van der Waals surface area contributed by atoms with Gasteiger partial charge in [-0.25, -0.2) is 0 Å². The Morgan fingerprint density at radius 2 is 0.673 bits per heavy atom. The van der Waals surface area contributed by atoms with Crippen molar-refractivity contribution in [3.8, 4) is 0 Å². The van der Waals surface area contributed by atoms with Gasteiger partial charge in [0.05, 0.1) is 126 Å². The summed E-state index contributed by atoms with van der Waals surface area (Å²) in [6, 6.07) is 0. The highest BCUT2D eigenvalue weighted by atomic mass is 16.6. The number of rotatable bonds is 36. The second-order valence-electron chi connectivity index (χ2n) is 11.8. The topological polar surface area (TPSA) is 296 Å². The first-order valence-corrected chi connectivity index (χ1v) is 16.3. The van der Waals surface area contributed by atoms with E-state index < -0.39 is 87.3 Å². The number of aliphatic hydroxyl groups is 11. The fourth-order valence-electron chi connectivity index (χ4n) is 3.77. The van der Waals surface area contributed by atoms with Crippen molar-refractivity contribution in [1.82, 2.24) is 0 Å². The molecule has 296 valence electrons. The second kappa shape index (κ2) is 30.8. The lowest BCUT2D eigenvalue weighted by Crippen LogP contribution is -2.40. The Balaban J connectivity index is 5.07. The van der Waals surface area contributed by atoms with E-state index >= 15 is 0 Å². The van der Waals surface area contributed by atoms with Gasteiger partial charge in [0.25, 0.3) is 0 Å². The predicted molar refractivity (Wildman–Crippen MR) is 169 cm³/mol. The molecular formula is C30H62O19. The van der Waals surface area contributed by atoms with E-state index in [9.17, 15) is 35.7 Å². The minimum Gasteiger partial charge on any atom is -0.394 e. The molecule has 0 bridgehead atoms. The van der Waals surface area contributed by atoms with E-state index in [4.69, 9.17) is 58.3 Å². The summed E-state index contributed by atoms with van der Waals surface area (Å²) < 4.78 is 44.2. The van der Waals surface area contributed by atoms with E-state index in [1.807, 2.05) is 6.92 Å². The Hall–Kier alpha value is -0.760. The lowest BCUT2D eigenvalue weighted by atomic mass is 9.88. The third-order valence-electron chi connectivity index (χ3n) is 6.84. The van der Waals surface area contributed by atoms with Crippen LogP contribution in [-0.4, -0.2) is 231 Å². The molecular weight excluding hydrogens is 664 g/mol. The zero-order valence-electron chi connectivity index (χ0n) is 28.4. The van der Waals surface area contributed by atoms with Gasteiger partial charge in [0.2, 0.25) is 0 Å². The molecule has 0 radical (unpaired) electrons. The average Bonchev–Trinajstić information content (AvgIpc) is 3.10. The highest BCUT2D eigenvalue weighted by Gasteiger charge is 2.31. The SMILES string of the molecule is CCC(COCC(O)COCC(O)CO)(COCC(O)COCC(COCC(O)CO)OCC(O)CO)COCC(CO)OCC(O)CO. The zero-order valence-corrected chi connectivity index (χ0v) is 28.4. The van der Waals surface area contributed by atoms with Crippen molar-refractivity contribution in [2.45, 2.75) is 62.2 Å². The van der Waals surface area contributed by atoms with Gasteiger partial charge in [-0.15, -0.1) is 0 Å². The first-order chi connectivity index (χ1) is 23.5. The number of aliphatic hydroxyl groups excluding tert-OH is 11.